The zero-order valence-electron chi connectivity index (χ0n) is 9.63. The number of allylic oxidation sites excluding steroid dienone is 1. The van der Waals surface area contributed by atoms with Crippen molar-refractivity contribution in [2.45, 2.75) is 32.6 Å². The summed E-state index contributed by atoms with van der Waals surface area (Å²) in [7, 11) is 0. The molecule has 0 saturated heterocycles. The number of anilines is 1. The molecule has 0 radical (unpaired) electrons. The third-order valence-corrected chi connectivity index (χ3v) is 2.44. The van der Waals surface area contributed by atoms with E-state index in [0.29, 0.717) is 0 Å². The fourth-order valence-corrected chi connectivity index (χ4v) is 1.65. The SMILES string of the molecule is C=CCCCNc1ccccc1CCC. The van der Waals surface area contributed by atoms with Crippen molar-refractivity contribution in [3.63, 3.8) is 0 Å². The average Bonchev–Trinajstić information content (AvgIpc) is 2.27. The standard InChI is InChI=1S/C14H21N/c1-3-5-8-12-15-14-11-7-6-10-13(14)9-4-2/h3,6-7,10-11,15H,1,4-5,8-9,12H2,2H3. The van der Waals surface area contributed by atoms with Gasteiger partial charge in [-0.25, -0.2) is 0 Å². The van der Waals surface area contributed by atoms with Gasteiger partial charge in [0.15, 0.2) is 0 Å². The molecule has 0 spiro atoms. The molecule has 82 valence electrons. The molecule has 15 heavy (non-hydrogen) atoms. The zero-order valence-corrected chi connectivity index (χ0v) is 9.63. The molecule has 0 saturated carbocycles. The molecule has 0 aliphatic heterocycles. The van der Waals surface area contributed by atoms with Crippen molar-refractivity contribution < 1.29 is 0 Å². The Bertz CT molecular complexity index is 291. The van der Waals surface area contributed by atoms with Crippen LogP contribution in [0.4, 0.5) is 5.69 Å². The Balaban J connectivity index is 2.47. The van der Waals surface area contributed by atoms with E-state index < -0.39 is 0 Å². The summed E-state index contributed by atoms with van der Waals surface area (Å²) >= 11 is 0. The van der Waals surface area contributed by atoms with Gasteiger partial charge in [-0.1, -0.05) is 37.6 Å². The molecule has 0 aromatic heterocycles. The van der Waals surface area contributed by atoms with Gasteiger partial charge in [-0.3, -0.25) is 0 Å². The molecule has 0 aliphatic rings. The van der Waals surface area contributed by atoms with Gasteiger partial charge >= 0.3 is 0 Å². The van der Waals surface area contributed by atoms with Crippen LogP contribution in [0.2, 0.25) is 0 Å². The topological polar surface area (TPSA) is 12.0 Å². The Morgan fingerprint density at radius 3 is 2.87 bits per heavy atom. The minimum atomic E-state index is 1.03. The maximum atomic E-state index is 3.72. The minimum absolute atomic E-state index is 1.03. The number of unbranched alkanes of at least 4 members (excludes halogenated alkanes) is 1. The first-order chi connectivity index (χ1) is 7.38. The molecule has 0 heterocycles. The molecule has 0 bridgehead atoms. The van der Waals surface area contributed by atoms with Gasteiger partial charge in [-0.15, -0.1) is 6.58 Å². The second-order valence-corrected chi connectivity index (χ2v) is 3.76. The lowest BCUT2D eigenvalue weighted by atomic mass is 10.1. The highest BCUT2D eigenvalue weighted by atomic mass is 14.9. The first kappa shape index (κ1) is 11.8. The van der Waals surface area contributed by atoms with Gasteiger partial charge in [0, 0.05) is 12.2 Å². The zero-order chi connectivity index (χ0) is 10.9. The number of aryl methyl sites for hydroxylation is 1. The molecule has 1 nitrogen and oxygen atoms in total. The van der Waals surface area contributed by atoms with Gasteiger partial charge in [-0.2, -0.15) is 0 Å². The normalized spacial score (nSPS) is 9.93. The summed E-state index contributed by atoms with van der Waals surface area (Å²) in [6, 6.07) is 8.58. The van der Waals surface area contributed by atoms with Crippen molar-refractivity contribution >= 4 is 5.69 Å². The third-order valence-electron chi connectivity index (χ3n) is 2.44. The van der Waals surface area contributed by atoms with Gasteiger partial charge in [0.1, 0.15) is 0 Å². The summed E-state index contributed by atoms with van der Waals surface area (Å²) in [5, 5.41) is 3.49. The van der Waals surface area contributed by atoms with Crippen molar-refractivity contribution in [3.8, 4) is 0 Å². The van der Waals surface area contributed by atoms with E-state index in [1.54, 1.807) is 0 Å². The van der Waals surface area contributed by atoms with Crippen LogP contribution in [0, 0.1) is 0 Å². The van der Waals surface area contributed by atoms with Crippen molar-refractivity contribution in [1.82, 2.24) is 0 Å². The van der Waals surface area contributed by atoms with Crippen LogP contribution in [0.25, 0.3) is 0 Å². The molecule has 1 rings (SSSR count). The highest BCUT2D eigenvalue weighted by molar-refractivity contribution is 5.51. The highest BCUT2D eigenvalue weighted by Gasteiger charge is 1.98. The maximum absolute atomic E-state index is 3.72. The molecule has 0 aliphatic carbocycles. The smallest absolute Gasteiger partial charge is 0.0372 e. The molecule has 0 fully saturated rings. The van der Waals surface area contributed by atoms with Gasteiger partial charge in [-0.05, 0) is 30.9 Å². The van der Waals surface area contributed by atoms with Gasteiger partial charge in [0.05, 0.1) is 0 Å². The van der Waals surface area contributed by atoms with Crippen LogP contribution in [-0.4, -0.2) is 6.54 Å². The molecule has 0 amide bonds. The summed E-state index contributed by atoms with van der Waals surface area (Å²) in [6.45, 7) is 6.98. The molecular formula is C14H21N. The average molecular weight is 203 g/mol. The Kier molecular flexibility index (Phi) is 5.60. The van der Waals surface area contributed by atoms with Crippen LogP contribution >= 0.6 is 0 Å². The Labute approximate surface area is 93.2 Å². The van der Waals surface area contributed by atoms with E-state index >= 15 is 0 Å². The lowest BCUT2D eigenvalue weighted by molar-refractivity contribution is 0.879. The number of benzene rings is 1. The van der Waals surface area contributed by atoms with Gasteiger partial charge in [0.25, 0.3) is 0 Å². The van der Waals surface area contributed by atoms with Crippen LogP contribution in [0.15, 0.2) is 36.9 Å². The second kappa shape index (κ2) is 7.10. The minimum Gasteiger partial charge on any atom is -0.385 e. The number of nitrogens with one attached hydrogen (secondary N) is 1. The molecule has 1 heteroatoms. The van der Waals surface area contributed by atoms with Crippen LogP contribution in [0.3, 0.4) is 0 Å². The molecule has 0 unspecified atom stereocenters. The fraction of sp³-hybridized carbons (Fsp3) is 0.429. The summed E-state index contributed by atoms with van der Waals surface area (Å²) in [5.74, 6) is 0. The molecule has 1 N–H and O–H groups in total. The van der Waals surface area contributed by atoms with Crippen LogP contribution in [-0.2, 0) is 6.42 Å². The Hall–Kier alpha value is -1.24. The van der Waals surface area contributed by atoms with E-state index in [-0.39, 0.29) is 0 Å². The van der Waals surface area contributed by atoms with Crippen molar-refractivity contribution in [2.24, 2.45) is 0 Å². The monoisotopic (exact) mass is 203 g/mol. The number of rotatable bonds is 7. The van der Waals surface area contributed by atoms with E-state index in [1.807, 2.05) is 6.08 Å². The summed E-state index contributed by atoms with van der Waals surface area (Å²) in [5.41, 5.74) is 2.72. The second-order valence-electron chi connectivity index (χ2n) is 3.76. The lowest BCUT2D eigenvalue weighted by Gasteiger charge is -2.10. The van der Waals surface area contributed by atoms with E-state index in [0.717, 1.165) is 25.8 Å². The van der Waals surface area contributed by atoms with Crippen molar-refractivity contribution in [1.29, 1.82) is 0 Å². The van der Waals surface area contributed by atoms with Gasteiger partial charge < -0.3 is 5.32 Å². The summed E-state index contributed by atoms with van der Waals surface area (Å²) in [6.07, 6.45) is 6.57. The van der Waals surface area contributed by atoms with Crippen LogP contribution in [0.1, 0.15) is 31.7 Å². The molecule has 1 aromatic carbocycles. The molecule has 1 aromatic rings. The van der Waals surface area contributed by atoms with Crippen molar-refractivity contribution in [3.05, 3.63) is 42.5 Å². The Morgan fingerprint density at radius 1 is 1.33 bits per heavy atom. The predicted molar refractivity (Wildman–Crippen MR) is 68.4 cm³/mol. The van der Waals surface area contributed by atoms with Crippen molar-refractivity contribution in [2.75, 3.05) is 11.9 Å². The lowest BCUT2D eigenvalue weighted by Crippen LogP contribution is -2.03. The predicted octanol–water partition coefficient (Wildman–Crippen LogP) is 4.02. The van der Waals surface area contributed by atoms with Crippen LogP contribution < -0.4 is 5.32 Å². The largest absolute Gasteiger partial charge is 0.385 e. The van der Waals surface area contributed by atoms with Crippen LogP contribution in [0.5, 0.6) is 0 Å². The Morgan fingerprint density at radius 2 is 2.13 bits per heavy atom. The molecule has 0 atom stereocenters. The first-order valence-electron chi connectivity index (χ1n) is 5.81. The quantitative estimate of drug-likeness (QED) is 0.521. The number of hydrogen-bond acceptors (Lipinski definition) is 1. The van der Waals surface area contributed by atoms with E-state index in [1.165, 1.54) is 17.7 Å². The number of hydrogen-bond donors (Lipinski definition) is 1. The van der Waals surface area contributed by atoms with E-state index in [2.05, 4.69) is 43.1 Å². The highest BCUT2D eigenvalue weighted by Crippen LogP contribution is 2.16. The maximum Gasteiger partial charge on any atom is 0.0372 e. The third kappa shape index (κ3) is 4.20. The van der Waals surface area contributed by atoms with E-state index in [4.69, 9.17) is 0 Å². The van der Waals surface area contributed by atoms with Gasteiger partial charge in [0.2, 0.25) is 0 Å². The molecular weight excluding hydrogens is 182 g/mol. The van der Waals surface area contributed by atoms with E-state index in [9.17, 15) is 0 Å². The number of para-hydroxylation sites is 1. The first-order valence-corrected chi connectivity index (χ1v) is 5.81. The summed E-state index contributed by atoms with van der Waals surface area (Å²) in [4.78, 5) is 0. The summed E-state index contributed by atoms with van der Waals surface area (Å²) < 4.78 is 0. The fourth-order valence-electron chi connectivity index (χ4n) is 1.65.